The molecule has 29 heavy (non-hydrogen) atoms. The monoisotopic (exact) mass is 387 g/mol. The fraction of sp³-hybridized carbons (Fsp3) is 0.0952. The summed E-state index contributed by atoms with van der Waals surface area (Å²) < 4.78 is 4.71. The smallest absolute Gasteiger partial charge is 0.337 e. The zero-order valence-electron chi connectivity index (χ0n) is 15.8. The lowest BCUT2D eigenvalue weighted by Crippen LogP contribution is -2.15. The van der Waals surface area contributed by atoms with E-state index in [1.54, 1.807) is 61.5 Å². The molecule has 1 amide bonds. The molecule has 8 nitrogen and oxygen atoms in total. The summed E-state index contributed by atoms with van der Waals surface area (Å²) in [5, 5.41) is 14.7. The Labute approximate surface area is 167 Å². The SMILES string of the molecule is COC(=O)c1cccc(Nc2nc(C)cc(C(=O)Nc3cccc(C#N)c3)n2)c1. The Bertz CT molecular complexity index is 1120. The Hall–Kier alpha value is -4.25. The molecule has 0 saturated heterocycles. The zero-order chi connectivity index (χ0) is 20.8. The average Bonchev–Trinajstić information content (AvgIpc) is 2.73. The predicted molar refractivity (Wildman–Crippen MR) is 107 cm³/mol. The summed E-state index contributed by atoms with van der Waals surface area (Å²) in [6.45, 7) is 1.74. The molecule has 0 fully saturated rings. The summed E-state index contributed by atoms with van der Waals surface area (Å²) in [5.41, 5.74) is 2.63. The molecule has 144 valence electrons. The van der Waals surface area contributed by atoms with Crippen molar-refractivity contribution in [2.45, 2.75) is 6.92 Å². The molecule has 1 aromatic heterocycles. The maximum atomic E-state index is 12.6. The summed E-state index contributed by atoms with van der Waals surface area (Å²) >= 11 is 0. The molecule has 0 atom stereocenters. The second-order valence-corrected chi connectivity index (χ2v) is 6.06. The lowest BCUT2D eigenvalue weighted by atomic mass is 10.2. The first kappa shape index (κ1) is 19.5. The highest BCUT2D eigenvalue weighted by molar-refractivity contribution is 6.03. The first-order valence-corrected chi connectivity index (χ1v) is 8.61. The van der Waals surface area contributed by atoms with E-state index in [1.165, 1.54) is 7.11 Å². The van der Waals surface area contributed by atoms with Gasteiger partial charge in [-0.15, -0.1) is 0 Å². The van der Waals surface area contributed by atoms with E-state index in [0.717, 1.165) is 0 Å². The van der Waals surface area contributed by atoms with Crippen molar-refractivity contribution in [3.8, 4) is 6.07 Å². The number of nitrogens with zero attached hydrogens (tertiary/aromatic N) is 3. The lowest BCUT2D eigenvalue weighted by molar-refractivity contribution is 0.0600. The molecule has 2 aromatic carbocycles. The van der Waals surface area contributed by atoms with E-state index in [-0.39, 0.29) is 11.6 Å². The number of amides is 1. The number of aromatic nitrogens is 2. The van der Waals surface area contributed by atoms with Gasteiger partial charge in [0.2, 0.25) is 5.95 Å². The lowest BCUT2D eigenvalue weighted by Gasteiger charge is -2.10. The van der Waals surface area contributed by atoms with Crippen LogP contribution in [-0.2, 0) is 4.74 Å². The molecule has 1 heterocycles. The van der Waals surface area contributed by atoms with Gasteiger partial charge in [-0.2, -0.15) is 5.26 Å². The minimum atomic E-state index is -0.460. The van der Waals surface area contributed by atoms with Gasteiger partial charge >= 0.3 is 5.97 Å². The van der Waals surface area contributed by atoms with Crippen molar-refractivity contribution < 1.29 is 14.3 Å². The van der Waals surface area contributed by atoms with Crippen LogP contribution in [0.4, 0.5) is 17.3 Å². The van der Waals surface area contributed by atoms with Gasteiger partial charge in [-0.05, 0) is 49.4 Å². The van der Waals surface area contributed by atoms with Gasteiger partial charge in [0.05, 0.1) is 24.3 Å². The summed E-state index contributed by atoms with van der Waals surface area (Å²) in [5.74, 6) is -0.682. The fourth-order valence-corrected chi connectivity index (χ4v) is 2.57. The summed E-state index contributed by atoms with van der Waals surface area (Å²) in [6.07, 6.45) is 0. The van der Waals surface area contributed by atoms with Gasteiger partial charge in [-0.3, -0.25) is 4.79 Å². The molecule has 0 bridgehead atoms. The fourth-order valence-electron chi connectivity index (χ4n) is 2.57. The van der Waals surface area contributed by atoms with Gasteiger partial charge in [-0.25, -0.2) is 14.8 Å². The number of aryl methyl sites for hydroxylation is 1. The maximum absolute atomic E-state index is 12.6. The van der Waals surface area contributed by atoms with E-state index in [4.69, 9.17) is 10.00 Å². The number of nitriles is 1. The standard InChI is InChI=1S/C21H17N5O3/c1-13-9-18(19(27)24-16-7-3-5-14(10-16)12-22)26-21(23-13)25-17-8-4-6-15(11-17)20(28)29-2/h3-11H,1-2H3,(H,24,27)(H,23,25,26). The molecule has 3 rings (SSSR count). The van der Waals surface area contributed by atoms with Crippen molar-refractivity contribution in [2.24, 2.45) is 0 Å². The molecular formula is C21H17N5O3. The van der Waals surface area contributed by atoms with E-state index in [2.05, 4.69) is 20.6 Å². The van der Waals surface area contributed by atoms with Crippen LogP contribution >= 0.6 is 0 Å². The molecule has 0 spiro atoms. The molecule has 0 unspecified atom stereocenters. The van der Waals surface area contributed by atoms with E-state index in [1.807, 2.05) is 6.07 Å². The summed E-state index contributed by atoms with van der Waals surface area (Å²) in [7, 11) is 1.31. The predicted octanol–water partition coefficient (Wildman–Crippen LogP) is 3.44. The van der Waals surface area contributed by atoms with E-state index in [9.17, 15) is 9.59 Å². The molecule has 0 aliphatic rings. The Morgan fingerprint density at radius 3 is 2.55 bits per heavy atom. The molecule has 0 radical (unpaired) electrons. The van der Waals surface area contributed by atoms with Gasteiger partial charge < -0.3 is 15.4 Å². The third-order valence-corrected chi connectivity index (χ3v) is 3.88. The molecule has 0 aliphatic heterocycles. The second-order valence-electron chi connectivity index (χ2n) is 6.06. The van der Waals surface area contributed by atoms with Crippen LogP contribution in [0.15, 0.2) is 54.6 Å². The maximum Gasteiger partial charge on any atom is 0.337 e. The molecule has 3 aromatic rings. The highest BCUT2D eigenvalue weighted by Crippen LogP contribution is 2.17. The largest absolute Gasteiger partial charge is 0.465 e. The van der Waals surface area contributed by atoms with Crippen molar-refractivity contribution in [1.82, 2.24) is 9.97 Å². The third-order valence-electron chi connectivity index (χ3n) is 3.88. The number of methoxy groups -OCH3 is 1. The number of ether oxygens (including phenoxy) is 1. The van der Waals surface area contributed by atoms with Gasteiger partial charge in [0.1, 0.15) is 5.69 Å². The third kappa shape index (κ3) is 4.93. The van der Waals surface area contributed by atoms with Crippen molar-refractivity contribution in [3.05, 3.63) is 77.1 Å². The normalized spacial score (nSPS) is 9.97. The number of benzene rings is 2. The van der Waals surface area contributed by atoms with Crippen LogP contribution in [0.25, 0.3) is 0 Å². The van der Waals surface area contributed by atoms with Crippen LogP contribution in [0.2, 0.25) is 0 Å². The van der Waals surface area contributed by atoms with Crippen molar-refractivity contribution in [2.75, 3.05) is 17.7 Å². The molecule has 8 heteroatoms. The number of esters is 1. The van der Waals surface area contributed by atoms with Gasteiger partial charge in [0.15, 0.2) is 0 Å². The Kier molecular flexibility index (Phi) is 5.80. The first-order chi connectivity index (χ1) is 14.0. The van der Waals surface area contributed by atoms with Crippen LogP contribution in [0.3, 0.4) is 0 Å². The average molecular weight is 387 g/mol. The van der Waals surface area contributed by atoms with Crippen molar-refractivity contribution in [3.63, 3.8) is 0 Å². The number of hydrogen-bond donors (Lipinski definition) is 2. The number of nitrogens with one attached hydrogen (secondary N) is 2. The van der Waals surface area contributed by atoms with Gasteiger partial charge in [-0.1, -0.05) is 12.1 Å². The van der Waals surface area contributed by atoms with Gasteiger partial charge in [0, 0.05) is 17.1 Å². The quantitative estimate of drug-likeness (QED) is 0.644. The number of carbonyl (C=O) groups excluding carboxylic acids is 2. The topological polar surface area (TPSA) is 117 Å². The minimum Gasteiger partial charge on any atom is -0.465 e. The molecular weight excluding hydrogens is 370 g/mol. The molecule has 0 saturated carbocycles. The number of carbonyl (C=O) groups is 2. The first-order valence-electron chi connectivity index (χ1n) is 8.61. The number of anilines is 3. The number of rotatable bonds is 5. The van der Waals surface area contributed by atoms with Crippen LogP contribution < -0.4 is 10.6 Å². The molecule has 2 N–H and O–H groups in total. The van der Waals surface area contributed by atoms with Gasteiger partial charge in [0.25, 0.3) is 5.91 Å². The van der Waals surface area contributed by atoms with Crippen LogP contribution in [-0.4, -0.2) is 29.0 Å². The highest BCUT2D eigenvalue weighted by atomic mass is 16.5. The Morgan fingerprint density at radius 1 is 1.03 bits per heavy atom. The van der Waals surface area contributed by atoms with Crippen molar-refractivity contribution in [1.29, 1.82) is 5.26 Å². The summed E-state index contributed by atoms with van der Waals surface area (Å²) in [4.78, 5) is 32.8. The van der Waals surface area contributed by atoms with E-state index >= 15 is 0 Å². The minimum absolute atomic E-state index is 0.159. The Morgan fingerprint density at radius 2 is 1.79 bits per heavy atom. The van der Waals surface area contributed by atoms with Crippen molar-refractivity contribution >= 4 is 29.2 Å². The van der Waals surface area contributed by atoms with Crippen LogP contribution in [0.5, 0.6) is 0 Å². The highest BCUT2D eigenvalue weighted by Gasteiger charge is 2.12. The van der Waals surface area contributed by atoms with E-state index < -0.39 is 11.9 Å². The zero-order valence-corrected chi connectivity index (χ0v) is 15.8. The van der Waals surface area contributed by atoms with Crippen LogP contribution in [0.1, 0.15) is 32.1 Å². The number of hydrogen-bond acceptors (Lipinski definition) is 7. The molecule has 0 aliphatic carbocycles. The Balaban J connectivity index is 1.82. The second kappa shape index (κ2) is 8.63. The van der Waals surface area contributed by atoms with E-state index in [0.29, 0.717) is 28.2 Å². The van der Waals surface area contributed by atoms with Crippen LogP contribution in [0, 0.1) is 18.3 Å². The summed E-state index contributed by atoms with van der Waals surface area (Å²) in [6, 6.07) is 16.8.